The molecule has 0 aromatic heterocycles. The molecular formula is C8H16N2. The van der Waals surface area contributed by atoms with Gasteiger partial charge in [-0.15, -0.1) is 0 Å². The van der Waals surface area contributed by atoms with E-state index in [2.05, 4.69) is 24.0 Å². The summed E-state index contributed by atoms with van der Waals surface area (Å²) in [6, 6.07) is 0.422. The van der Waals surface area contributed by atoms with Crippen LogP contribution in [0, 0.1) is 0 Å². The van der Waals surface area contributed by atoms with Gasteiger partial charge in [0.05, 0.1) is 0 Å². The van der Waals surface area contributed by atoms with Gasteiger partial charge in [-0.1, -0.05) is 12.2 Å². The van der Waals surface area contributed by atoms with Crippen molar-refractivity contribution in [3.63, 3.8) is 0 Å². The molecule has 1 heterocycles. The van der Waals surface area contributed by atoms with Crippen molar-refractivity contribution < 1.29 is 0 Å². The molecule has 1 aliphatic rings. The Morgan fingerprint density at radius 3 is 3.00 bits per heavy atom. The second-order valence-electron chi connectivity index (χ2n) is 2.88. The maximum atomic E-state index is 5.73. The molecule has 1 saturated heterocycles. The van der Waals surface area contributed by atoms with Crippen molar-refractivity contribution in [1.29, 1.82) is 0 Å². The lowest BCUT2D eigenvalue weighted by molar-refractivity contribution is 0.371. The summed E-state index contributed by atoms with van der Waals surface area (Å²) in [6.45, 7) is 5.37. The fourth-order valence-electron chi connectivity index (χ4n) is 1.28. The largest absolute Gasteiger partial charge is 0.326 e. The summed E-state index contributed by atoms with van der Waals surface area (Å²) < 4.78 is 0. The number of hydrogen-bond donors (Lipinski definition) is 1. The summed E-state index contributed by atoms with van der Waals surface area (Å²) >= 11 is 0. The zero-order valence-electron chi connectivity index (χ0n) is 6.59. The predicted octanol–water partition coefficient (Wildman–Crippen LogP) is 0.596. The molecule has 2 heteroatoms. The van der Waals surface area contributed by atoms with Crippen LogP contribution in [0.2, 0.25) is 0 Å². The van der Waals surface area contributed by atoms with E-state index >= 15 is 0 Å². The van der Waals surface area contributed by atoms with E-state index in [1.165, 1.54) is 6.54 Å². The van der Waals surface area contributed by atoms with Gasteiger partial charge >= 0.3 is 0 Å². The zero-order chi connectivity index (χ0) is 7.40. The molecule has 1 aliphatic heterocycles. The standard InChI is InChI=1S/C8H16N2/c1-2-3-5-10-6-4-8(9)7-10/h2-3,8H,4-7,9H2,1H3/b3-2+/t8-/m1/s1. The van der Waals surface area contributed by atoms with E-state index in [4.69, 9.17) is 5.73 Å². The van der Waals surface area contributed by atoms with Crippen molar-refractivity contribution in [1.82, 2.24) is 4.90 Å². The van der Waals surface area contributed by atoms with E-state index in [-0.39, 0.29) is 0 Å². The van der Waals surface area contributed by atoms with Crippen LogP contribution in [0.1, 0.15) is 13.3 Å². The Hall–Kier alpha value is -0.340. The highest BCUT2D eigenvalue weighted by atomic mass is 15.2. The number of rotatable bonds is 2. The van der Waals surface area contributed by atoms with E-state index < -0.39 is 0 Å². The molecule has 0 aromatic carbocycles. The Balaban J connectivity index is 2.18. The number of nitrogens with zero attached hydrogens (tertiary/aromatic N) is 1. The summed E-state index contributed by atoms with van der Waals surface area (Å²) in [5, 5.41) is 0. The predicted molar refractivity (Wildman–Crippen MR) is 43.8 cm³/mol. The van der Waals surface area contributed by atoms with E-state index in [0.29, 0.717) is 6.04 Å². The van der Waals surface area contributed by atoms with E-state index in [1.54, 1.807) is 0 Å². The van der Waals surface area contributed by atoms with E-state index in [0.717, 1.165) is 19.5 Å². The molecule has 0 aliphatic carbocycles. The zero-order valence-corrected chi connectivity index (χ0v) is 6.59. The second kappa shape index (κ2) is 3.74. The van der Waals surface area contributed by atoms with Crippen LogP contribution >= 0.6 is 0 Å². The summed E-state index contributed by atoms with van der Waals surface area (Å²) in [7, 11) is 0. The average molecular weight is 140 g/mol. The van der Waals surface area contributed by atoms with Gasteiger partial charge < -0.3 is 5.73 Å². The summed E-state index contributed by atoms with van der Waals surface area (Å²) in [5.41, 5.74) is 5.73. The minimum absolute atomic E-state index is 0.422. The number of hydrogen-bond acceptors (Lipinski definition) is 2. The lowest BCUT2D eigenvalue weighted by atomic mass is 10.3. The van der Waals surface area contributed by atoms with Gasteiger partial charge in [0.15, 0.2) is 0 Å². The SMILES string of the molecule is C/C=C/CN1CC[C@@H](N)C1. The van der Waals surface area contributed by atoms with Gasteiger partial charge in [0.1, 0.15) is 0 Å². The first-order chi connectivity index (χ1) is 4.83. The fourth-order valence-corrected chi connectivity index (χ4v) is 1.28. The average Bonchev–Trinajstić information content (AvgIpc) is 2.31. The van der Waals surface area contributed by atoms with Crippen molar-refractivity contribution in [3.05, 3.63) is 12.2 Å². The highest BCUT2D eigenvalue weighted by Crippen LogP contribution is 2.05. The van der Waals surface area contributed by atoms with Crippen LogP contribution in [0.15, 0.2) is 12.2 Å². The Morgan fingerprint density at radius 2 is 2.50 bits per heavy atom. The lowest BCUT2D eigenvalue weighted by Crippen LogP contribution is -2.26. The van der Waals surface area contributed by atoms with Crippen LogP contribution in [-0.4, -0.2) is 30.6 Å². The molecule has 0 radical (unpaired) electrons. The van der Waals surface area contributed by atoms with Crippen LogP contribution in [0.3, 0.4) is 0 Å². The van der Waals surface area contributed by atoms with Crippen LogP contribution in [0.5, 0.6) is 0 Å². The van der Waals surface area contributed by atoms with Gasteiger partial charge in [-0.25, -0.2) is 0 Å². The first-order valence-electron chi connectivity index (χ1n) is 3.92. The van der Waals surface area contributed by atoms with Gasteiger partial charge in [-0.05, 0) is 13.3 Å². The molecule has 0 bridgehead atoms. The van der Waals surface area contributed by atoms with Crippen LogP contribution < -0.4 is 5.73 Å². The summed E-state index contributed by atoms with van der Waals surface area (Å²) in [4.78, 5) is 2.38. The molecular weight excluding hydrogens is 124 g/mol. The normalized spacial score (nSPS) is 28.4. The molecule has 0 saturated carbocycles. The van der Waals surface area contributed by atoms with Crippen LogP contribution in [0.4, 0.5) is 0 Å². The Morgan fingerprint density at radius 1 is 1.70 bits per heavy atom. The maximum Gasteiger partial charge on any atom is 0.0180 e. The quantitative estimate of drug-likeness (QED) is 0.569. The molecule has 58 valence electrons. The van der Waals surface area contributed by atoms with Crippen molar-refractivity contribution in [3.8, 4) is 0 Å². The van der Waals surface area contributed by atoms with Gasteiger partial charge in [0, 0.05) is 25.7 Å². The Kier molecular flexibility index (Phi) is 2.90. The Labute approximate surface area is 62.7 Å². The Bertz CT molecular complexity index is 120. The molecule has 2 nitrogen and oxygen atoms in total. The third-order valence-electron chi connectivity index (χ3n) is 1.91. The smallest absolute Gasteiger partial charge is 0.0180 e. The fraction of sp³-hybridized carbons (Fsp3) is 0.750. The van der Waals surface area contributed by atoms with Crippen molar-refractivity contribution in [2.24, 2.45) is 5.73 Å². The number of likely N-dealkylation sites (tertiary alicyclic amines) is 1. The van der Waals surface area contributed by atoms with Crippen LogP contribution in [-0.2, 0) is 0 Å². The van der Waals surface area contributed by atoms with Crippen molar-refractivity contribution >= 4 is 0 Å². The minimum Gasteiger partial charge on any atom is -0.326 e. The topological polar surface area (TPSA) is 29.3 Å². The van der Waals surface area contributed by atoms with Gasteiger partial charge in [0.2, 0.25) is 0 Å². The van der Waals surface area contributed by atoms with Gasteiger partial charge in [-0.3, -0.25) is 4.90 Å². The third-order valence-corrected chi connectivity index (χ3v) is 1.91. The molecule has 0 unspecified atom stereocenters. The van der Waals surface area contributed by atoms with Gasteiger partial charge in [-0.2, -0.15) is 0 Å². The molecule has 1 atom stereocenters. The van der Waals surface area contributed by atoms with Gasteiger partial charge in [0.25, 0.3) is 0 Å². The minimum atomic E-state index is 0.422. The maximum absolute atomic E-state index is 5.73. The van der Waals surface area contributed by atoms with Crippen molar-refractivity contribution in [2.75, 3.05) is 19.6 Å². The molecule has 10 heavy (non-hydrogen) atoms. The number of allylic oxidation sites excluding steroid dienone is 1. The van der Waals surface area contributed by atoms with E-state index in [1.807, 2.05) is 0 Å². The lowest BCUT2D eigenvalue weighted by Gasteiger charge is -2.10. The molecule has 1 fully saturated rings. The monoisotopic (exact) mass is 140 g/mol. The molecule has 1 rings (SSSR count). The first-order valence-corrected chi connectivity index (χ1v) is 3.92. The third kappa shape index (κ3) is 2.12. The highest BCUT2D eigenvalue weighted by Gasteiger charge is 2.16. The highest BCUT2D eigenvalue weighted by molar-refractivity contribution is 4.86. The molecule has 0 amide bonds. The van der Waals surface area contributed by atoms with Crippen molar-refractivity contribution in [2.45, 2.75) is 19.4 Å². The van der Waals surface area contributed by atoms with E-state index in [9.17, 15) is 0 Å². The summed E-state index contributed by atoms with van der Waals surface area (Å²) in [5.74, 6) is 0. The number of nitrogens with two attached hydrogens (primary N) is 1. The van der Waals surface area contributed by atoms with Crippen LogP contribution in [0.25, 0.3) is 0 Å². The first kappa shape index (κ1) is 7.76. The molecule has 0 spiro atoms. The second-order valence-corrected chi connectivity index (χ2v) is 2.88. The molecule has 2 N–H and O–H groups in total. The summed E-state index contributed by atoms with van der Waals surface area (Å²) in [6.07, 6.45) is 5.43. The molecule has 0 aromatic rings.